The van der Waals surface area contributed by atoms with Crippen molar-refractivity contribution in [2.45, 2.75) is 40.0 Å². The van der Waals surface area contributed by atoms with Crippen LogP contribution in [-0.2, 0) is 0 Å². The maximum absolute atomic E-state index is 4.71. The molecule has 0 radical (unpaired) electrons. The molecule has 2 N–H and O–H groups in total. The van der Waals surface area contributed by atoms with Crippen molar-refractivity contribution in [1.82, 2.24) is 9.97 Å². The van der Waals surface area contributed by atoms with Gasteiger partial charge >= 0.3 is 0 Å². The number of anilines is 2. The molecule has 20 heavy (non-hydrogen) atoms. The van der Waals surface area contributed by atoms with Gasteiger partial charge in [-0.3, -0.25) is 0 Å². The van der Waals surface area contributed by atoms with E-state index in [1.165, 1.54) is 17.9 Å². The van der Waals surface area contributed by atoms with Crippen LogP contribution in [0.4, 0.5) is 11.6 Å². The van der Waals surface area contributed by atoms with Gasteiger partial charge in [0.25, 0.3) is 0 Å². The Labute approximate surface area is 126 Å². The molecule has 2 rings (SSSR count). The van der Waals surface area contributed by atoms with Crippen LogP contribution in [0.2, 0.25) is 0 Å². The Morgan fingerprint density at radius 3 is 2.50 bits per heavy atom. The molecule has 0 spiro atoms. The number of nitrogens with zero attached hydrogens (tertiary/aromatic N) is 2. The van der Waals surface area contributed by atoms with Crippen LogP contribution < -0.4 is 10.6 Å². The molecule has 1 aromatic rings. The van der Waals surface area contributed by atoms with Crippen molar-refractivity contribution in [2.75, 3.05) is 35.2 Å². The first-order chi connectivity index (χ1) is 9.61. The Morgan fingerprint density at radius 2 is 1.95 bits per heavy atom. The number of thioether (sulfide) groups is 1. The van der Waals surface area contributed by atoms with E-state index in [1.54, 1.807) is 0 Å². The SMILES string of the molecule is CCNc1nc(C(C)C)nc(NCC2CCSC2)c1C. The Kier molecular flexibility index (Phi) is 5.52. The molecule has 112 valence electrons. The standard InChI is InChI=1S/C15H26N4S/c1-5-16-14-11(4)15(19-13(18-14)10(2)3)17-8-12-6-7-20-9-12/h10,12H,5-9H2,1-4H3,(H2,16,17,18,19). The van der Waals surface area contributed by atoms with Gasteiger partial charge in [-0.1, -0.05) is 13.8 Å². The van der Waals surface area contributed by atoms with Crippen LogP contribution in [0, 0.1) is 12.8 Å². The van der Waals surface area contributed by atoms with E-state index in [0.717, 1.165) is 42.0 Å². The largest absolute Gasteiger partial charge is 0.370 e. The third kappa shape index (κ3) is 3.78. The molecular formula is C15H26N4S. The molecule has 0 aromatic carbocycles. The van der Waals surface area contributed by atoms with Crippen LogP contribution in [0.15, 0.2) is 0 Å². The lowest BCUT2D eigenvalue weighted by molar-refractivity contribution is 0.629. The van der Waals surface area contributed by atoms with Gasteiger partial charge in [-0.2, -0.15) is 11.8 Å². The zero-order valence-corrected chi connectivity index (χ0v) is 13.8. The predicted octanol–water partition coefficient (Wildman–Crippen LogP) is 3.51. The summed E-state index contributed by atoms with van der Waals surface area (Å²) in [6.07, 6.45) is 1.32. The fourth-order valence-corrected chi connectivity index (χ4v) is 3.57. The first-order valence-electron chi connectivity index (χ1n) is 7.55. The van der Waals surface area contributed by atoms with Gasteiger partial charge in [0, 0.05) is 24.6 Å². The van der Waals surface area contributed by atoms with Gasteiger partial charge in [0.2, 0.25) is 0 Å². The Hall–Kier alpha value is -0.970. The van der Waals surface area contributed by atoms with Gasteiger partial charge in [0.15, 0.2) is 0 Å². The highest BCUT2D eigenvalue weighted by Gasteiger charge is 2.17. The van der Waals surface area contributed by atoms with Crippen molar-refractivity contribution in [1.29, 1.82) is 0 Å². The van der Waals surface area contributed by atoms with Gasteiger partial charge in [0.1, 0.15) is 17.5 Å². The third-order valence-electron chi connectivity index (χ3n) is 3.61. The normalized spacial score (nSPS) is 18.6. The first kappa shape index (κ1) is 15.4. The van der Waals surface area contributed by atoms with E-state index in [1.807, 2.05) is 0 Å². The number of aromatic nitrogens is 2. The Morgan fingerprint density at radius 1 is 1.25 bits per heavy atom. The number of nitrogens with one attached hydrogen (secondary N) is 2. The zero-order valence-electron chi connectivity index (χ0n) is 13.0. The lowest BCUT2D eigenvalue weighted by Gasteiger charge is -2.17. The number of rotatable bonds is 6. The van der Waals surface area contributed by atoms with Crippen LogP contribution in [0.25, 0.3) is 0 Å². The molecule has 4 nitrogen and oxygen atoms in total. The fraction of sp³-hybridized carbons (Fsp3) is 0.733. The van der Waals surface area contributed by atoms with E-state index in [9.17, 15) is 0 Å². The molecule has 2 heterocycles. The van der Waals surface area contributed by atoms with Crippen molar-refractivity contribution in [3.05, 3.63) is 11.4 Å². The minimum Gasteiger partial charge on any atom is -0.370 e. The quantitative estimate of drug-likeness (QED) is 0.841. The summed E-state index contributed by atoms with van der Waals surface area (Å²) in [5, 5.41) is 6.89. The van der Waals surface area contributed by atoms with Crippen molar-refractivity contribution in [3.8, 4) is 0 Å². The molecule has 1 unspecified atom stereocenters. The molecule has 1 aliphatic heterocycles. The third-order valence-corrected chi connectivity index (χ3v) is 4.84. The molecule has 0 amide bonds. The summed E-state index contributed by atoms with van der Waals surface area (Å²) in [6, 6.07) is 0. The van der Waals surface area contributed by atoms with Gasteiger partial charge in [-0.25, -0.2) is 9.97 Å². The van der Waals surface area contributed by atoms with Gasteiger partial charge < -0.3 is 10.6 Å². The molecule has 1 aromatic heterocycles. The lowest BCUT2D eigenvalue weighted by Crippen LogP contribution is -2.17. The summed E-state index contributed by atoms with van der Waals surface area (Å²) < 4.78 is 0. The van der Waals surface area contributed by atoms with Crippen LogP contribution in [-0.4, -0.2) is 34.6 Å². The molecule has 0 aliphatic carbocycles. The second-order valence-corrected chi connectivity index (χ2v) is 6.85. The maximum atomic E-state index is 4.71. The summed E-state index contributed by atoms with van der Waals surface area (Å²) in [5.41, 5.74) is 1.13. The second kappa shape index (κ2) is 7.16. The summed E-state index contributed by atoms with van der Waals surface area (Å²) in [5.74, 6) is 6.57. The molecule has 0 bridgehead atoms. The molecule has 5 heteroatoms. The second-order valence-electron chi connectivity index (χ2n) is 5.70. The highest BCUT2D eigenvalue weighted by Crippen LogP contribution is 2.26. The van der Waals surface area contributed by atoms with Crippen molar-refractivity contribution < 1.29 is 0 Å². The molecule has 1 aliphatic rings. The molecule has 1 fully saturated rings. The molecule has 1 atom stereocenters. The highest BCUT2D eigenvalue weighted by molar-refractivity contribution is 7.99. The summed E-state index contributed by atoms with van der Waals surface area (Å²) in [4.78, 5) is 9.34. The fourth-order valence-electron chi connectivity index (χ4n) is 2.29. The van der Waals surface area contributed by atoms with Crippen LogP contribution in [0.1, 0.15) is 44.5 Å². The summed E-state index contributed by atoms with van der Waals surface area (Å²) in [7, 11) is 0. The van der Waals surface area contributed by atoms with E-state index >= 15 is 0 Å². The lowest BCUT2D eigenvalue weighted by atomic mass is 10.1. The first-order valence-corrected chi connectivity index (χ1v) is 8.71. The molecule has 0 saturated carbocycles. The van der Waals surface area contributed by atoms with E-state index < -0.39 is 0 Å². The average Bonchev–Trinajstić information content (AvgIpc) is 2.92. The van der Waals surface area contributed by atoms with Gasteiger partial charge in [0.05, 0.1) is 0 Å². The highest BCUT2D eigenvalue weighted by atomic mass is 32.2. The summed E-state index contributed by atoms with van der Waals surface area (Å²) >= 11 is 2.06. The Balaban J connectivity index is 2.15. The molecular weight excluding hydrogens is 268 g/mol. The average molecular weight is 294 g/mol. The minimum absolute atomic E-state index is 0.343. The maximum Gasteiger partial charge on any atom is 0.135 e. The Bertz CT molecular complexity index is 442. The number of hydrogen-bond acceptors (Lipinski definition) is 5. The monoisotopic (exact) mass is 294 g/mol. The predicted molar refractivity (Wildman–Crippen MR) is 88.9 cm³/mol. The van der Waals surface area contributed by atoms with E-state index in [-0.39, 0.29) is 0 Å². The smallest absolute Gasteiger partial charge is 0.135 e. The topological polar surface area (TPSA) is 49.8 Å². The van der Waals surface area contributed by atoms with Crippen LogP contribution in [0.3, 0.4) is 0 Å². The van der Waals surface area contributed by atoms with Gasteiger partial charge in [-0.15, -0.1) is 0 Å². The summed E-state index contributed by atoms with van der Waals surface area (Å²) in [6.45, 7) is 10.4. The zero-order chi connectivity index (χ0) is 14.5. The van der Waals surface area contributed by atoms with Gasteiger partial charge in [-0.05, 0) is 37.7 Å². The van der Waals surface area contributed by atoms with E-state index in [4.69, 9.17) is 4.98 Å². The number of hydrogen-bond donors (Lipinski definition) is 2. The van der Waals surface area contributed by atoms with Crippen molar-refractivity contribution in [3.63, 3.8) is 0 Å². The minimum atomic E-state index is 0.343. The van der Waals surface area contributed by atoms with Crippen LogP contribution >= 0.6 is 11.8 Å². The van der Waals surface area contributed by atoms with Crippen molar-refractivity contribution >= 4 is 23.4 Å². The van der Waals surface area contributed by atoms with E-state index in [0.29, 0.717) is 5.92 Å². The van der Waals surface area contributed by atoms with E-state index in [2.05, 4.69) is 55.1 Å². The van der Waals surface area contributed by atoms with Crippen molar-refractivity contribution in [2.24, 2.45) is 5.92 Å². The molecule has 1 saturated heterocycles. The van der Waals surface area contributed by atoms with Crippen LogP contribution in [0.5, 0.6) is 0 Å².